The molecule has 4 N–H and O–H groups in total. The third-order valence-electron chi connectivity index (χ3n) is 9.62. The van der Waals surface area contributed by atoms with E-state index in [-0.39, 0.29) is 62.1 Å². The summed E-state index contributed by atoms with van der Waals surface area (Å²) in [5.74, 6) is -1.79. The average molecular weight is 755 g/mol. The summed E-state index contributed by atoms with van der Waals surface area (Å²) < 4.78 is 11.6. The maximum atomic E-state index is 13.8. The molecule has 13 nitrogen and oxygen atoms in total. The van der Waals surface area contributed by atoms with Gasteiger partial charge in [0.25, 0.3) is 5.91 Å². The van der Waals surface area contributed by atoms with Crippen molar-refractivity contribution in [2.24, 2.45) is 5.92 Å². The van der Waals surface area contributed by atoms with Crippen LogP contribution < -0.4 is 26.0 Å². The molecule has 0 bridgehead atoms. The number of hydrogen-bond acceptors (Lipinski definition) is 8. The van der Waals surface area contributed by atoms with Crippen LogP contribution in [-0.2, 0) is 43.4 Å². The topological polar surface area (TPSA) is 158 Å². The minimum atomic E-state index is -1.08. The van der Waals surface area contributed by atoms with Crippen molar-refractivity contribution < 1.29 is 33.4 Å². The molecule has 0 saturated carbocycles. The lowest BCUT2D eigenvalue weighted by Gasteiger charge is -2.27. The molecule has 5 rings (SSSR count). The number of morpholine rings is 1. The molecule has 0 spiro atoms. The highest BCUT2D eigenvalue weighted by atomic mass is 16.5. The molecule has 2 aliphatic heterocycles. The van der Waals surface area contributed by atoms with Gasteiger partial charge in [-0.1, -0.05) is 80.6 Å². The number of carbonyl (C=O) groups excluding carboxylic acids is 5. The molecule has 3 atom stereocenters. The van der Waals surface area contributed by atoms with E-state index in [4.69, 9.17) is 9.47 Å². The summed E-state index contributed by atoms with van der Waals surface area (Å²) in [6, 6.07) is 21.5. The number of ether oxygens (including phenoxy) is 2. The van der Waals surface area contributed by atoms with Crippen molar-refractivity contribution >= 4 is 29.5 Å². The van der Waals surface area contributed by atoms with Crippen LogP contribution >= 0.6 is 0 Å². The number of rotatable bonds is 9. The minimum absolute atomic E-state index is 0.0372. The fraction of sp³-hybridized carbons (Fsp3) is 0.452. The molecule has 0 aromatic heterocycles. The smallest absolute Gasteiger partial charge is 0.255 e. The molecule has 294 valence electrons. The number of amides is 5. The first-order valence-electron chi connectivity index (χ1n) is 19.1. The van der Waals surface area contributed by atoms with Gasteiger partial charge in [0, 0.05) is 46.1 Å². The first-order chi connectivity index (χ1) is 26.5. The van der Waals surface area contributed by atoms with Crippen molar-refractivity contribution in [2.45, 2.75) is 70.7 Å². The Morgan fingerprint density at radius 1 is 0.855 bits per heavy atom. The number of hydrogen-bond donors (Lipinski definition) is 4. The van der Waals surface area contributed by atoms with Crippen LogP contribution in [0.3, 0.4) is 0 Å². The van der Waals surface area contributed by atoms with E-state index in [9.17, 15) is 24.0 Å². The summed E-state index contributed by atoms with van der Waals surface area (Å²) in [6.07, 6.45) is 0.585. The van der Waals surface area contributed by atoms with E-state index < -0.39 is 41.8 Å². The van der Waals surface area contributed by atoms with Gasteiger partial charge in [0.2, 0.25) is 23.6 Å². The van der Waals surface area contributed by atoms with Gasteiger partial charge in [-0.15, -0.1) is 0 Å². The van der Waals surface area contributed by atoms with Crippen LogP contribution in [0.5, 0.6) is 5.75 Å². The van der Waals surface area contributed by atoms with Crippen LogP contribution in [0.4, 0.5) is 0 Å². The van der Waals surface area contributed by atoms with Crippen molar-refractivity contribution in [1.29, 1.82) is 0 Å². The van der Waals surface area contributed by atoms with E-state index >= 15 is 0 Å². The normalized spacial score (nSPS) is 20.9. The zero-order valence-corrected chi connectivity index (χ0v) is 32.1. The summed E-state index contributed by atoms with van der Waals surface area (Å²) >= 11 is 0. The largest absolute Gasteiger partial charge is 0.491 e. The third-order valence-corrected chi connectivity index (χ3v) is 9.62. The lowest BCUT2D eigenvalue weighted by Crippen LogP contribution is -2.52. The summed E-state index contributed by atoms with van der Waals surface area (Å²) in [4.78, 5) is 71.8. The monoisotopic (exact) mass is 754 g/mol. The van der Waals surface area contributed by atoms with Crippen LogP contribution in [0, 0.1) is 5.92 Å². The number of likely N-dealkylation sites (N-methyl/N-ethyl adjacent to an activating group) is 1. The van der Waals surface area contributed by atoms with E-state index in [1.807, 2.05) is 56.3 Å². The van der Waals surface area contributed by atoms with Gasteiger partial charge in [-0.3, -0.25) is 28.9 Å². The average Bonchev–Trinajstić information content (AvgIpc) is 3.17. The number of nitrogens with one attached hydrogen (secondary N) is 4. The summed E-state index contributed by atoms with van der Waals surface area (Å²) in [5, 5.41) is 11.6. The van der Waals surface area contributed by atoms with Gasteiger partial charge in [0.1, 0.15) is 24.4 Å². The van der Waals surface area contributed by atoms with E-state index in [1.54, 1.807) is 24.3 Å². The van der Waals surface area contributed by atoms with E-state index in [0.29, 0.717) is 19.6 Å². The Balaban J connectivity index is 1.37. The number of para-hydroxylation sites is 1. The van der Waals surface area contributed by atoms with Crippen LogP contribution in [0.25, 0.3) is 0 Å². The Hall–Kier alpha value is -5.27. The predicted octanol–water partition coefficient (Wildman–Crippen LogP) is 2.82. The molecule has 1 fully saturated rings. The van der Waals surface area contributed by atoms with Gasteiger partial charge in [-0.25, -0.2) is 0 Å². The SMILES string of the molecule is CC(C)C[C@H]1COc2ccccc2C(=O)N[C@H](C(=O)NCc2cccc(CN3CCOCC3)c2)CCC(=O)N[C@@H](Cc2ccccc2)C(=O)N(C)CC(=O)N1. The van der Waals surface area contributed by atoms with Crippen molar-refractivity contribution in [3.8, 4) is 5.75 Å². The van der Waals surface area contributed by atoms with E-state index in [2.05, 4.69) is 38.3 Å². The van der Waals surface area contributed by atoms with Crippen molar-refractivity contribution in [2.75, 3.05) is 46.5 Å². The second kappa shape index (κ2) is 20.4. The standard InChI is InChI=1S/C42H54N6O7/c1-29(2)22-33-28-55-37-15-8-7-14-34(37)40(51)46-35(41(52)43-25-31-12-9-13-32(23-31)26-48-18-20-54-21-19-48)16-17-38(49)45-36(24-30-10-5-4-6-11-30)42(53)47(3)27-39(50)44-33/h4-15,23,29,33,35-36H,16-22,24-28H2,1-3H3,(H,43,52)(H,44,50)(H,45,49)(H,46,51)/t33-,35-,36-/m0/s1. The molecular weight excluding hydrogens is 700 g/mol. The fourth-order valence-electron chi connectivity index (χ4n) is 6.81. The second-order valence-electron chi connectivity index (χ2n) is 14.7. The fourth-order valence-corrected chi connectivity index (χ4v) is 6.81. The Morgan fingerprint density at radius 3 is 2.33 bits per heavy atom. The molecule has 0 radical (unpaired) electrons. The van der Waals surface area contributed by atoms with Gasteiger partial charge in [-0.2, -0.15) is 0 Å². The van der Waals surface area contributed by atoms with Crippen LogP contribution in [0.1, 0.15) is 60.2 Å². The predicted molar refractivity (Wildman–Crippen MR) is 208 cm³/mol. The molecule has 0 unspecified atom stereocenters. The van der Waals surface area contributed by atoms with Crippen molar-refractivity contribution in [3.63, 3.8) is 0 Å². The molecule has 2 aliphatic rings. The molecule has 1 saturated heterocycles. The number of benzene rings is 3. The molecule has 3 aromatic rings. The number of carbonyl (C=O) groups is 5. The molecule has 55 heavy (non-hydrogen) atoms. The molecule has 5 amide bonds. The maximum absolute atomic E-state index is 13.8. The first kappa shape index (κ1) is 40.9. The first-order valence-corrected chi connectivity index (χ1v) is 19.1. The number of nitrogens with zero attached hydrogens (tertiary/aromatic N) is 2. The summed E-state index contributed by atoms with van der Waals surface area (Å²) in [6.45, 7) is 8.02. The molecule has 0 aliphatic carbocycles. The van der Waals surface area contributed by atoms with Crippen molar-refractivity contribution in [1.82, 2.24) is 31.1 Å². The van der Waals surface area contributed by atoms with Crippen LogP contribution in [0.2, 0.25) is 0 Å². The highest BCUT2D eigenvalue weighted by Crippen LogP contribution is 2.20. The zero-order valence-electron chi connectivity index (χ0n) is 32.1. The van der Waals surface area contributed by atoms with Crippen LogP contribution in [0.15, 0.2) is 78.9 Å². The minimum Gasteiger partial charge on any atom is -0.491 e. The molecule has 13 heteroatoms. The van der Waals surface area contributed by atoms with Gasteiger partial charge >= 0.3 is 0 Å². The molecule has 3 aromatic carbocycles. The number of fused-ring (bicyclic) bond motifs is 1. The quantitative estimate of drug-likeness (QED) is 0.260. The van der Waals surface area contributed by atoms with E-state index in [0.717, 1.165) is 36.3 Å². The van der Waals surface area contributed by atoms with Gasteiger partial charge < -0.3 is 35.6 Å². The third kappa shape index (κ3) is 12.9. The molecular formula is C42H54N6O7. The lowest BCUT2D eigenvalue weighted by atomic mass is 10.0. The zero-order chi connectivity index (χ0) is 39.2. The highest BCUT2D eigenvalue weighted by Gasteiger charge is 2.29. The Morgan fingerprint density at radius 2 is 1.56 bits per heavy atom. The lowest BCUT2D eigenvalue weighted by molar-refractivity contribution is -0.138. The summed E-state index contributed by atoms with van der Waals surface area (Å²) in [5.41, 5.74) is 3.06. The summed E-state index contributed by atoms with van der Waals surface area (Å²) in [7, 11) is 1.53. The van der Waals surface area contributed by atoms with Gasteiger partial charge in [0.05, 0.1) is 31.4 Å². The van der Waals surface area contributed by atoms with Crippen molar-refractivity contribution in [3.05, 3.63) is 101 Å². The Bertz CT molecular complexity index is 1760. The van der Waals surface area contributed by atoms with E-state index in [1.165, 1.54) is 11.9 Å². The second-order valence-corrected chi connectivity index (χ2v) is 14.7. The van der Waals surface area contributed by atoms with Crippen LogP contribution in [-0.4, -0.2) is 104 Å². The van der Waals surface area contributed by atoms with Gasteiger partial charge in [-0.05, 0) is 47.6 Å². The Labute approximate surface area is 323 Å². The Kier molecular flexibility index (Phi) is 15.2. The highest BCUT2D eigenvalue weighted by molar-refractivity contribution is 6.00. The van der Waals surface area contributed by atoms with Gasteiger partial charge in [0.15, 0.2) is 0 Å². The maximum Gasteiger partial charge on any atom is 0.255 e. The molecule has 2 heterocycles.